The zero-order valence-corrected chi connectivity index (χ0v) is 15.1. The molecule has 3 aromatic rings. The van der Waals surface area contributed by atoms with Crippen LogP contribution >= 0.6 is 0 Å². The zero-order chi connectivity index (χ0) is 18.1. The van der Waals surface area contributed by atoms with E-state index in [0.717, 1.165) is 30.0 Å². The Bertz CT molecular complexity index is 934. The summed E-state index contributed by atoms with van der Waals surface area (Å²) in [6.45, 7) is 6.09. The normalized spacial score (nSPS) is 17.4. The summed E-state index contributed by atoms with van der Waals surface area (Å²) in [7, 11) is 0. The van der Waals surface area contributed by atoms with Gasteiger partial charge in [-0.05, 0) is 31.9 Å². The quantitative estimate of drug-likeness (QED) is 0.767. The number of nitrogens with zero attached hydrogens (tertiary/aromatic N) is 4. The second-order valence-electron chi connectivity index (χ2n) is 6.89. The van der Waals surface area contributed by atoms with Crippen LogP contribution in [0.1, 0.15) is 29.1 Å². The van der Waals surface area contributed by atoms with E-state index in [1.54, 1.807) is 0 Å². The first-order valence-corrected chi connectivity index (χ1v) is 8.98. The van der Waals surface area contributed by atoms with Crippen molar-refractivity contribution in [3.63, 3.8) is 0 Å². The van der Waals surface area contributed by atoms with Crippen molar-refractivity contribution in [2.24, 2.45) is 0 Å². The lowest BCUT2D eigenvalue weighted by Crippen LogP contribution is -2.37. The maximum atomic E-state index is 12.7. The molecule has 0 aliphatic carbocycles. The van der Waals surface area contributed by atoms with Crippen LogP contribution in [0.5, 0.6) is 0 Å². The van der Waals surface area contributed by atoms with E-state index in [1.165, 1.54) is 5.56 Å². The van der Waals surface area contributed by atoms with Gasteiger partial charge in [-0.15, -0.1) is 0 Å². The minimum Gasteiger partial charge on any atom is -0.337 e. The number of fused-ring (bicyclic) bond motifs is 1. The second-order valence-corrected chi connectivity index (χ2v) is 6.89. The van der Waals surface area contributed by atoms with E-state index in [9.17, 15) is 4.79 Å². The molecule has 6 heteroatoms. The molecule has 0 bridgehead atoms. The second kappa shape index (κ2) is 6.88. The van der Waals surface area contributed by atoms with Crippen molar-refractivity contribution in [2.75, 3.05) is 6.54 Å². The largest absolute Gasteiger partial charge is 0.337 e. The van der Waals surface area contributed by atoms with Crippen LogP contribution < -0.4 is 5.32 Å². The van der Waals surface area contributed by atoms with Crippen LogP contribution in [0, 0.1) is 13.8 Å². The predicted molar refractivity (Wildman–Crippen MR) is 99.6 cm³/mol. The Morgan fingerprint density at radius 2 is 2.04 bits per heavy atom. The Morgan fingerprint density at radius 1 is 1.23 bits per heavy atom. The molecule has 1 unspecified atom stereocenters. The molecule has 0 radical (unpaired) electrons. The fourth-order valence-corrected chi connectivity index (χ4v) is 3.64. The van der Waals surface area contributed by atoms with Crippen LogP contribution in [0.15, 0.2) is 42.6 Å². The Balaban J connectivity index is 1.42. The molecule has 4 rings (SSSR count). The summed E-state index contributed by atoms with van der Waals surface area (Å²) in [6.07, 6.45) is 2.67. The summed E-state index contributed by atoms with van der Waals surface area (Å²) in [5, 5.41) is 3.40. The van der Waals surface area contributed by atoms with Crippen LogP contribution in [0.3, 0.4) is 0 Å². The molecular formula is C20H23N5O. The van der Waals surface area contributed by atoms with Gasteiger partial charge >= 0.3 is 0 Å². The lowest BCUT2D eigenvalue weighted by atomic mass is 10.2. The summed E-state index contributed by atoms with van der Waals surface area (Å²) in [4.78, 5) is 23.5. The van der Waals surface area contributed by atoms with Crippen molar-refractivity contribution < 1.29 is 4.79 Å². The fourth-order valence-electron chi connectivity index (χ4n) is 3.64. The zero-order valence-electron chi connectivity index (χ0n) is 15.1. The van der Waals surface area contributed by atoms with Gasteiger partial charge < -0.3 is 10.2 Å². The van der Waals surface area contributed by atoms with Crippen molar-refractivity contribution in [2.45, 2.75) is 39.4 Å². The van der Waals surface area contributed by atoms with Crippen LogP contribution in [0.25, 0.3) is 5.78 Å². The van der Waals surface area contributed by atoms with Crippen molar-refractivity contribution in [1.29, 1.82) is 0 Å². The molecule has 1 saturated heterocycles. The Morgan fingerprint density at radius 3 is 2.85 bits per heavy atom. The highest BCUT2D eigenvalue weighted by molar-refractivity contribution is 5.83. The monoisotopic (exact) mass is 349 g/mol. The molecule has 1 aromatic carbocycles. The van der Waals surface area contributed by atoms with Crippen LogP contribution in [-0.4, -0.2) is 37.8 Å². The highest BCUT2D eigenvalue weighted by Gasteiger charge is 2.31. The Kier molecular flexibility index (Phi) is 4.42. The number of hydrogen-bond acceptors (Lipinski definition) is 4. The predicted octanol–water partition coefficient (Wildman–Crippen LogP) is 2.24. The Labute approximate surface area is 152 Å². The molecule has 1 atom stereocenters. The highest BCUT2D eigenvalue weighted by atomic mass is 16.2. The number of aryl methyl sites for hydroxylation is 2. The number of aromatic nitrogens is 3. The maximum Gasteiger partial charge on any atom is 0.240 e. The Hall–Kier alpha value is -2.73. The number of rotatable bonds is 5. The molecule has 1 aliphatic rings. The van der Waals surface area contributed by atoms with E-state index in [2.05, 4.69) is 34.3 Å². The molecule has 0 saturated carbocycles. The summed E-state index contributed by atoms with van der Waals surface area (Å²) < 4.78 is 2.04. The van der Waals surface area contributed by atoms with Crippen molar-refractivity contribution in [3.05, 3.63) is 65.2 Å². The molecule has 3 heterocycles. The highest BCUT2D eigenvalue weighted by Crippen LogP contribution is 2.16. The number of hydrogen-bond donors (Lipinski definition) is 1. The lowest BCUT2D eigenvalue weighted by molar-refractivity contribution is -0.129. The minimum atomic E-state index is -0.136. The van der Waals surface area contributed by atoms with E-state index in [1.807, 2.05) is 46.7 Å². The first kappa shape index (κ1) is 16.7. The maximum absolute atomic E-state index is 12.7. The molecule has 1 fully saturated rings. The molecule has 1 N–H and O–H groups in total. The minimum absolute atomic E-state index is 0.136. The fraction of sp³-hybridized carbons (Fsp3) is 0.350. The van der Waals surface area contributed by atoms with Crippen LogP contribution in [-0.2, 0) is 17.9 Å². The summed E-state index contributed by atoms with van der Waals surface area (Å²) in [5.41, 5.74) is 4.26. The van der Waals surface area contributed by atoms with Crippen LogP contribution in [0.4, 0.5) is 0 Å². The molecule has 1 aliphatic heterocycles. The summed E-state index contributed by atoms with van der Waals surface area (Å²) >= 11 is 0. The lowest BCUT2D eigenvalue weighted by Gasteiger charge is -2.17. The van der Waals surface area contributed by atoms with Gasteiger partial charge in [0.05, 0.1) is 17.9 Å². The molecule has 6 nitrogen and oxygen atoms in total. The standard InChI is InChI=1S/C20H23N5O/c1-14-10-15(2)25-17(12-22-20(25)23-14)11-21-18-8-9-24(19(18)26)13-16-6-4-3-5-7-16/h3-7,10,12,18,21H,8-9,11,13H2,1-2H3. The number of nitrogens with one attached hydrogen (secondary N) is 1. The van der Waals surface area contributed by atoms with E-state index >= 15 is 0 Å². The number of likely N-dealkylation sites (tertiary alicyclic amines) is 1. The molecule has 26 heavy (non-hydrogen) atoms. The van der Waals surface area contributed by atoms with Crippen molar-refractivity contribution >= 4 is 11.7 Å². The van der Waals surface area contributed by atoms with Gasteiger partial charge in [-0.3, -0.25) is 9.20 Å². The van der Waals surface area contributed by atoms with E-state index < -0.39 is 0 Å². The third-order valence-corrected chi connectivity index (χ3v) is 4.91. The average Bonchev–Trinajstić information content (AvgIpc) is 3.18. The van der Waals surface area contributed by atoms with Gasteiger partial charge in [-0.1, -0.05) is 30.3 Å². The van der Waals surface area contributed by atoms with Crippen molar-refractivity contribution in [3.8, 4) is 0 Å². The van der Waals surface area contributed by atoms with E-state index in [4.69, 9.17) is 0 Å². The van der Waals surface area contributed by atoms with Gasteiger partial charge in [0.1, 0.15) is 0 Å². The van der Waals surface area contributed by atoms with E-state index in [0.29, 0.717) is 18.9 Å². The van der Waals surface area contributed by atoms with E-state index in [-0.39, 0.29) is 11.9 Å². The van der Waals surface area contributed by atoms with Gasteiger partial charge in [0, 0.05) is 31.0 Å². The van der Waals surface area contributed by atoms with Gasteiger partial charge in [0.2, 0.25) is 11.7 Å². The average molecular weight is 349 g/mol. The number of imidazole rings is 1. The summed E-state index contributed by atoms with van der Waals surface area (Å²) in [5.74, 6) is 0.885. The smallest absolute Gasteiger partial charge is 0.240 e. The molecule has 2 aromatic heterocycles. The molecule has 1 amide bonds. The topological polar surface area (TPSA) is 62.5 Å². The third kappa shape index (κ3) is 3.20. The first-order chi connectivity index (χ1) is 12.6. The third-order valence-electron chi connectivity index (χ3n) is 4.91. The first-order valence-electron chi connectivity index (χ1n) is 8.98. The van der Waals surface area contributed by atoms with Crippen LogP contribution in [0.2, 0.25) is 0 Å². The summed E-state index contributed by atoms with van der Waals surface area (Å²) in [6, 6.07) is 12.0. The number of benzene rings is 1. The van der Waals surface area contributed by atoms with Gasteiger partial charge in [0.15, 0.2) is 0 Å². The van der Waals surface area contributed by atoms with Crippen molar-refractivity contribution in [1.82, 2.24) is 24.6 Å². The molecular weight excluding hydrogens is 326 g/mol. The number of carbonyl (C=O) groups excluding carboxylic acids is 1. The van der Waals surface area contributed by atoms with Gasteiger partial charge in [0.25, 0.3) is 0 Å². The van der Waals surface area contributed by atoms with Gasteiger partial charge in [-0.25, -0.2) is 9.97 Å². The molecule has 134 valence electrons. The van der Waals surface area contributed by atoms with Gasteiger partial charge in [-0.2, -0.15) is 0 Å². The number of carbonyl (C=O) groups is 1. The SMILES string of the molecule is Cc1cc(C)n2c(CNC3CCN(Cc4ccccc4)C3=O)cnc2n1. The number of amides is 1. The molecule has 0 spiro atoms.